The molecule has 2 aliphatic rings. The molecule has 4 aromatic carbocycles. The van der Waals surface area contributed by atoms with Crippen molar-refractivity contribution in [3.63, 3.8) is 0 Å². The van der Waals surface area contributed by atoms with Crippen molar-refractivity contribution in [2.45, 2.75) is 81.1 Å². The van der Waals surface area contributed by atoms with E-state index in [9.17, 15) is 0 Å². The predicted octanol–water partition coefficient (Wildman–Crippen LogP) is 6.00. The maximum absolute atomic E-state index is 6.53. The van der Waals surface area contributed by atoms with Gasteiger partial charge >= 0.3 is 297 Å². The van der Waals surface area contributed by atoms with E-state index in [1.54, 1.807) is 12.1 Å². The topological polar surface area (TPSA) is 0 Å². The summed E-state index contributed by atoms with van der Waals surface area (Å²) >= 11 is 10.1. The molecule has 0 spiro atoms. The van der Waals surface area contributed by atoms with Gasteiger partial charge in [0, 0.05) is 0 Å². The molecule has 1 atom stereocenters. The van der Waals surface area contributed by atoms with Crippen LogP contribution >= 0.6 is 23.2 Å². The smallest absolute Gasteiger partial charge is 1.00 e. The molecular weight excluding hydrogens is 750 g/mol. The largest absolute Gasteiger partial charge is 1.00 e. The van der Waals surface area contributed by atoms with Crippen molar-refractivity contribution in [1.82, 2.24) is 0 Å². The summed E-state index contributed by atoms with van der Waals surface area (Å²) in [6.45, 7) is 18.7. The van der Waals surface area contributed by atoms with E-state index in [1.807, 2.05) is 0 Å². The Labute approximate surface area is 319 Å². The Morgan fingerprint density at radius 2 is 1.31 bits per heavy atom. The van der Waals surface area contributed by atoms with Crippen LogP contribution in [0.15, 0.2) is 87.7 Å². The minimum absolute atomic E-state index is 0. The van der Waals surface area contributed by atoms with Crippen LogP contribution in [0.3, 0.4) is 0 Å². The molecule has 0 nitrogen and oxygen atoms in total. The summed E-state index contributed by atoms with van der Waals surface area (Å²) in [4.78, 5) is 0. The van der Waals surface area contributed by atoms with Gasteiger partial charge in [-0.1, -0.05) is 0 Å². The van der Waals surface area contributed by atoms with E-state index in [2.05, 4.69) is 134 Å². The number of unbranched alkanes of at least 4 members (excludes halogenated alkanes) is 1. The van der Waals surface area contributed by atoms with Crippen molar-refractivity contribution in [2.75, 3.05) is 0 Å². The van der Waals surface area contributed by atoms with Crippen LogP contribution in [-0.2, 0) is 27.7 Å². The monoisotopic (exact) mass is 792 g/mol. The van der Waals surface area contributed by atoms with Gasteiger partial charge in [-0.15, -0.1) is 0 Å². The fourth-order valence-corrected chi connectivity index (χ4v) is 16.7. The molecule has 48 heavy (non-hydrogen) atoms. The summed E-state index contributed by atoms with van der Waals surface area (Å²) in [6.07, 6.45) is 9.95. The zero-order valence-corrected chi connectivity index (χ0v) is 34.9. The summed E-state index contributed by atoms with van der Waals surface area (Å²) in [5, 5.41) is 1.55. The normalized spacial score (nSPS) is 14.6. The van der Waals surface area contributed by atoms with Gasteiger partial charge < -0.3 is 24.8 Å². The Morgan fingerprint density at radius 1 is 0.771 bits per heavy atom. The molecule has 6 rings (SSSR count). The molecule has 0 aliphatic heterocycles. The van der Waals surface area contributed by atoms with Gasteiger partial charge in [-0.05, 0) is 0 Å². The van der Waals surface area contributed by atoms with Gasteiger partial charge in [-0.2, -0.15) is 0 Å². The summed E-state index contributed by atoms with van der Waals surface area (Å²) < 4.78 is 4.89. The third-order valence-electron chi connectivity index (χ3n) is 10.2. The molecule has 0 heterocycles. The van der Waals surface area contributed by atoms with Crippen molar-refractivity contribution in [3.05, 3.63) is 142 Å². The molecule has 1 unspecified atom stereocenters. The summed E-state index contributed by atoms with van der Waals surface area (Å²) in [5.74, 6) is 0.460. The van der Waals surface area contributed by atoms with Crippen molar-refractivity contribution >= 4 is 29.7 Å². The predicted molar refractivity (Wildman–Crippen MR) is 198 cm³/mol. The van der Waals surface area contributed by atoms with Gasteiger partial charge in [0.25, 0.3) is 0 Å². The maximum atomic E-state index is 6.53. The van der Waals surface area contributed by atoms with Crippen LogP contribution in [0.1, 0.15) is 91.5 Å². The Hall–Kier alpha value is -1.73. The molecule has 0 N–H and O–H groups in total. The second kappa shape index (κ2) is 15.7. The summed E-state index contributed by atoms with van der Waals surface area (Å²) in [5.41, 5.74) is 15.7. The first-order valence-corrected chi connectivity index (χ1v) is 21.3. The number of aryl methyl sites for hydroxylation is 3. The van der Waals surface area contributed by atoms with Gasteiger partial charge in [-0.25, -0.2) is 0 Å². The van der Waals surface area contributed by atoms with Crippen LogP contribution < -0.4 is 28.1 Å². The molecule has 250 valence electrons. The molecule has 2 aliphatic carbocycles. The fourth-order valence-electron chi connectivity index (χ4n) is 7.31. The standard InChI is InChI=1S/C17H17.C13H8Cl2.C13H21.2ClH.Zr/c1-10-5-14-9-15-6-11(2)13(4)8-17(15)16(14)7-12(10)3;14-12-5-1-10(2-6-12)9-11-3-7-13(15)8-4-11;1-5-6-7-11-8-9-12(10-11)13(2,3)4;;;/h5,7-8H,9H2,1-4H3;1-8H;9-11H,5-7H2,1-4H3;2*1H;/q;;;;;+2/p-2. The van der Waals surface area contributed by atoms with Crippen molar-refractivity contribution in [2.24, 2.45) is 11.3 Å². The van der Waals surface area contributed by atoms with E-state index >= 15 is 0 Å². The third-order valence-corrected chi connectivity index (χ3v) is 18.9. The Kier molecular flexibility index (Phi) is 12.7. The van der Waals surface area contributed by atoms with Crippen LogP contribution in [0.5, 0.6) is 0 Å². The molecule has 0 saturated heterocycles. The van der Waals surface area contributed by atoms with E-state index < -0.39 is 21.3 Å². The van der Waals surface area contributed by atoms with E-state index in [0.29, 0.717) is 5.92 Å². The second-order valence-corrected chi connectivity index (χ2v) is 21.1. The number of fused-ring (bicyclic) bond motifs is 3. The van der Waals surface area contributed by atoms with Crippen molar-refractivity contribution < 1.29 is 46.1 Å². The number of allylic oxidation sites excluding steroid dienone is 4. The van der Waals surface area contributed by atoms with E-state index in [-0.39, 0.29) is 30.2 Å². The maximum Gasteiger partial charge on any atom is -1.00 e. The van der Waals surface area contributed by atoms with Gasteiger partial charge in [0.05, 0.1) is 0 Å². The Morgan fingerprint density at radius 3 is 1.85 bits per heavy atom. The summed E-state index contributed by atoms with van der Waals surface area (Å²) in [7, 11) is 0. The number of benzene rings is 4. The number of hydrogen-bond donors (Lipinski definition) is 0. The molecular formula is C43H46Cl4Zr. The number of halogens is 4. The van der Waals surface area contributed by atoms with Crippen LogP contribution in [0, 0.1) is 39.0 Å². The first-order valence-electron chi connectivity index (χ1n) is 16.8. The molecule has 0 saturated carbocycles. The zero-order valence-electron chi connectivity index (χ0n) is 29.4. The molecule has 0 amide bonds. The van der Waals surface area contributed by atoms with Crippen molar-refractivity contribution in [1.29, 1.82) is 0 Å². The molecule has 0 aromatic heterocycles. The molecule has 4 aromatic rings. The van der Waals surface area contributed by atoms with Gasteiger partial charge in [-0.3, -0.25) is 0 Å². The Bertz CT molecular complexity index is 1870. The first-order chi connectivity index (χ1) is 21.9. The minimum atomic E-state index is -2.98. The van der Waals surface area contributed by atoms with Gasteiger partial charge in [0.1, 0.15) is 0 Å². The fraction of sp³-hybridized carbons (Fsp3) is 0.326. The van der Waals surface area contributed by atoms with Crippen LogP contribution in [0.4, 0.5) is 0 Å². The van der Waals surface area contributed by atoms with E-state index in [1.165, 1.54) is 78.1 Å². The molecule has 5 heteroatoms. The third kappa shape index (κ3) is 7.62. The van der Waals surface area contributed by atoms with Crippen LogP contribution in [-0.4, -0.2) is 3.21 Å². The quantitative estimate of drug-likeness (QED) is 0.190. The average molecular weight is 796 g/mol. The zero-order chi connectivity index (χ0) is 32.9. The molecule has 0 radical (unpaired) electrons. The Balaban J connectivity index is 0.00000260. The van der Waals surface area contributed by atoms with Crippen molar-refractivity contribution in [3.8, 4) is 11.1 Å². The van der Waals surface area contributed by atoms with Crippen LogP contribution in [0.2, 0.25) is 10.0 Å². The van der Waals surface area contributed by atoms with Gasteiger partial charge in [0.2, 0.25) is 0 Å². The molecule has 0 bridgehead atoms. The van der Waals surface area contributed by atoms with E-state index in [4.69, 9.17) is 23.2 Å². The van der Waals surface area contributed by atoms with Gasteiger partial charge in [0.15, 0.2) is 0 Å². The van der Waals surface area contributed by atoms with Crippen LogP contribution in [0.25, 0.3) is 11.1 Å². The van der Waals surface area contributed by atoms with E-state index in [0.717, 1.165) is 16.5 Å². The summed E-state index contributed by atoms with van der Waals surface area (Å²) in [6, 6.07) is 24.7. The average Bonchev–Trinajstić information content (AvgIpc) is 3.59. The number of rotatable bonds is 7. The SMILES string of the molecule is CCCCC1C=C(C(C)(C)C)C=[C]1[Zr+2](=[C](c1ccc(Cl)cc1)c1ccc(Cl)cc1)[c]1c(C)c(C)cc2c1Cc1cc(C)c(C)cc1-2.[Cl-].[Cl-]. The first kappa shape index (κ1) is 39.1. The number of hydrogen-bond acceptors (Lipinski definition) is 0. The second-order valence-electron chi connectivity index (χ2n) is 14.5. The molecule has 0 fully saturated rings. The minimum Gasteiger partial charge on any atom is -1.00 e.